The first-order valence-electron chi connectivity index (χ1n) is 0. The summed E-state index contributed by atoms with van der Waals surface area (Å²) in [7, 11) is 0. The molecule has 0 saturated heterocycles. The molecule has 7 heavy (non-hydrogen) atoms. The van der Waals surface area contributed by atoms with Crippen molar-refractivity contribution in [3.8, 4) is 0 Å². The van der Waals surface area contributed by atoms with E-state index >= 15 is 0 Å². The van der Waals surface area contributed by atoms with Gasteiger partial charge in [0.1, 0.15) is 0 Å². The monoisotopic (exact) mass is 164 g/mol. The summed E-state index contributed by atoms with van der Waals surface area (Å²) in [6.45, 7) is 0. The first kappa shape index (κ1) is 3670. The van der Waals surface area contributed by atoms with Crippen LogP contribution in [0, 0.1) is 0 Å². The van der Waals surface area contributed by atoms with E-state index in [0.717, 1.165) is 0 Å². The Bertz CT molecular complexity index is 4.14. The Kier molecular flexibility index (Phi) is 1180000. The van der Waals surface area contributed by atoms with Gasteiger partial charge in [-0.2, -0.15) is 0 Å². The van der Waals surface area contributed by atoms with Crippen molar-refractivity contribution in [2.45, 2.75) is 0 Å². The van der Waals surface area contributed by atoms with Crippen LogP contribution in [-0.2, 0) is 17.1 Å². The normalized spacial score (nSPS) is 0. The van der Waals surface area contributed by atoms with Crippen LogP contribution in [0.3, 0.4) is 0 Å². The Balaban J connectivity index is 0. The summed E-state index contributed by atoms with van der Waals surface area (Å²) in [6.07, 6.45) is 0. The quantitative estimate of drug-likeness (QED) is 0.310. The van der Waals surface area contributed by atoms with Gasteiger partial charge >= 0.3 is 17.1 Å². The molecule has 0 aliphatic carbocycles. The molecule has 0 aliphatic heterocycles. The molecule has 0 fully saturated rings. The van der Waals surface area contributed by atoms with Crippen molar-refractivity contribution in [3.63, 3.8) is 0 Å². The van der Waals surface area contributed by atoms with Gasteiger partial charge < -0.3 is 32.9 Å². The SMILES string of the molecule is O.O.O.O.O.O.[Fe+2]. The van der Waals surface area contributed by atoms with E-state index in [0.29, 0.717) is 0 Å². The summed E-state index contributed by atoms with van der Waals surface area (Å²) >= 11 is 0. The minimum absolute atomic E-state index is 0. The zero-order valence-corrected chi connectivity index (χ0v) is 4.46. The molecule has 0 aliphatic rings. The Morgan fingerprint density at radius 1 is 0.286 bits per heavy atom. The molecule has 0 unspecified atom stereocenters. The zero-order valence-electron chi connectivity index (χ0n) is 3.35. The molecule has 0 heterocycles. The Morgan fingerprint density at radius 2 is 0.286 bits per heavy atom. The molecule has 6 nitrogen and oxygen atoms in total. The predicted molar refractivity (Wildman–Crippen MR) is 21.7 cm³/mol. The fraction of sp³-hybridized carbons (Fsp3) is 0. The Hall–Kier alpha value is 0.279. The Labute approximate surface area is 50.8 Å². The third-order valence-electron chi connectivity index (χ3n) is 0. The van der Waals surface area contributed by atoms with E-state index in [2.05, 4.69) is 0 Å². The van der Waals surface area contributed by atoms with Crippen LogP contribution in [0.5, 0.6) is 0 Å². The van der Waals surface area contributed by atoms with Gasteiger partial charge in [0, 0.05) is 0 Å². The minimum Gasteiger partial charge on any atom is -0.412 e. The molecule has 54 valence electrons. The van der Waals surface area contributed by atoms with Gasteiger partial charge in [-0.25, -0.2) is 0 Å². The van der Waals surface area contributed by atoms with Crippen molar-refractivity contribution in [3.05, 3.63) is 0 Å². The van der Waals surface area contributed by atoms with Crippen molar-refractivity contribution in [1.82, 2.24) is 0 Å². The van der Waals surface area contributed by atoms with Crippen molar-refractivity contribution in [2.75, 3.05) is 0 Å². The van der Waals surface area contributed by atoms with Crippen LogP contribution in [0.15, 0.2) is 0 Å². The van der Waals surface area contributed by atoms with Crippen LogP contribution in [0.4, 0.5) is 0 Å². The van der Waals surface area contributed by atoms with Gasteiger partial charge in [0.2, 0.25) is 0 Å². The average Bonchev–Trinajstić information content (AvgIpc) is 0. The summed E-state index contributed by atoms with van der Waals surface area (Å²) in [4.78, 5) is 0. The third kappa shape index (κ3) is 1470. The average molecular weight is 164 g/mol. The molecular formula is H12FeO6+2. The fourth-order valence-electron chi connectivity index (χ4n) is 0. The van der Waals surface area contributed by atoms with E-state index in [4.69, 9.17) is 0 Å². The maximum absolute atomic E-state index is 0. The van der Waals surface area contributed by atoms with Gasteiger partial charge in [0.15, 0.2) is 0 Å². The molecule has 0 amide bonds. The largest absolute Gasteiger partial charge is 2.00 e. The van der Waals surface area contributed by atoms with Crippen molar-refractivity contribution in [2.24, 2.45) is 0 Å². The van der Waals surface area contributed by atoms with Gasteiger partial charge in [-0.3, -0.25) is 0 Å². The van der Waals surface area contributed by atoms with Crippen LogP contribution in [0.25, 0.3) is 0 Å². The van der Waals surface area contributed by atoms with Crippen LogP contribution >= 0.6 is 0 Å². The van der Waals surface area contributed by atoms with Crippen LogP contribution < -0.4 is 0 Å². The van der Waals surface area contributed by atoms with Crippen LogP contribution in [-0.4, -0.2) is 32.9 Å². The van der Waals surface area contributed by atoms with Gasteiger partial charge in [-0.05, 0) is 0 Å². The molecular weight excluding hydrogens is 152 g/mol. The molecule has 7 heteroatoms. The second-order valence-corrected chi connectivity index (χ2v) is 0. The Morgan fingerprint density at radius 3 is 0.286 bits per heavy atom. The smallest absolute Gasteiger partial charge is 0.412 e. The van der Waals surface area contributed by atoms with E-state index in [1.54, 1.807) is 0 Å². The van der Waals surface area contributed by atoms with Gasteiger partial charge in [0.05, 0.1) is 0 Å². The second-order valence-electron chi connectivity index (χ2n) is 0. The van der Waals surface area contributed by atoms with E-state index in [1.165, 1.54) is 0 Å². The van der Waals surface area contributed by atoms with E-state index in [1.807, 2.05) is 0 Å². The van der Waals surface area contributed by atoms with Crippen molar-refractivity contribution in [1.29, 1.82) is 0 Å². The standard InChI is InChI=1S/Fe.6H2O/h;6*1H2/q+2;;;;;;. The summed E-state index contributed by atoms with van der Waals surface area (Å²) in [5.41, 5.74) is 0. The first-order chi connectivity index (χ1) is 0. The maximum Gasteiger partial charge on any atom is 2.00 e. The molecule has 0 radical (unpaired) electrons. The molecule has 0 aromatic heterocycles. The summed E-state index contributed by atoms with van der Waals surface area (Å²) in [5.74, 6) is 0. The summed E-state index contributed by atoms with van der Waals surface area (Å²) < 4.78 is 0. The number of hydrogen-bond acceptors (Lipinski definition) is 0. The first-order valence-corrected chi connectivity index (χ1v) is 0. The molecule has 0 saturated carbocycles. The maximum atomic E-state index is 0. The topological polar surface area (TPSA) is 189 Å². The minimum atomic E-state index is 0. The molecule has 0 spiro atoms. The molecule has 0 bridgehead atoms. The van der Waals surface area contributed by atoms with E-state index < -0.39 is 0 Å². The van der Waals surface area contributed by atoms with Gasteiger partial charge in [-0.15, -0.1) is 0 Å². The molecule has 12 N–H and O–H groups in total. The van der Waals surface area contributed by atoms with Gasteiger partial charge in [0.25, 0.3) is 0 Å². The van der Waals surface area contributed by atoms with Crippen LogP contribution in [0.1, 0.15) is 0 Å². The van der Waals surface area contributed by atoms with E-state index in [9.17, 15) is 0 Å². The fourth-order valence-corrected chi connectivity index (χ4v) is 0. The number of rotatable bonds is 0. The molecule has 0 aromatic carbocycles. The number of hydrogen-bond donors (Lipinski definition) is 0. The van der Waals surface area contributed by atoms with Crippen molar-refractivity contribution >= 4 is 0 Å². The molecule has 0 rings (SSSR count). The van der Waals surface area contributed by atoms with Crippen molar-refractivity contribution < 1.29 is 49.9 Å². The molecule has 0 aromatic rings. The summed E-state index contributed by atoms with van der Waals surface area (Å²) in [6, 6.07) is 0. The zero-order chi connectivity index (χ0) is 0. The molecule has 0 atom stereocenters. The predicted octanol–water partition coefficient (Wildman–Crippen LogP) is -4.95. The second kappa shape index (κ2) is 2240. The summed E-state index contributed by atoms with van der Waals surface area (Å²) in [5, 5.41) is 0. The van der Waals surface area contributed by atoms with Gasteiger partial charge in [-0.1, -0.05) is 0 Å². The third-order valence-corrected chi connectivity index (χ3v) is 0. The van der Waals surface area contributed by atoms with Crippen LogP contribution in [0.2, 0.25) is 0 Å². The van der Waals surface area contributed by atoms with E-state index in [-0.39, 0.29) is 49.9 Å².